The van der Waals surface area contributed by atoms with E-state index in [-0.39, 0.29) is 0 Å². The highest BCUT2D eigenvalue weighted by molar-refractivity contribution is 7.13. The Morgan fingerprint density at radius 2 is 1.95 bits per heavy atom. The number of hydrogen-bond donors (Lipinski definition) is 1. The Kier molecular flexibility index (Phi) is 3.84. The number of aryl methyl sites for hydroxylation is 1. The minimum Gasteiger partial charge on any atom is -0.253 e. The highest BCUT2D eigenvalue weighted by atomic mass is 32.1. The van der Waals surface area contributed by atoms with Gasteiger partial charge in [-0.15, -0.1) is 11.3 Å². The summed E-state index contributed by atoms with van der Waals surface area (Å²) in [6.07, 6.45) is -2.87. The molecule has 3 nitrogen and oxygen atoms in total. The van der Waals surface area contributed by atoms with Gasteiger partial charge in [0.15, 0.2) is 0 Å². The van der Waals surface area contributed by atoms with Crippen molar-refractivity contribution in [3.8, 4) is 0 Å². The lowest BCUT2D eigenvalue weighted by Crippen LogP contribution is -2.04. The SMILES string of the molecule is Cc1csc(N/N=C/c2ccc(C(F)(F)F)cc2)n1. The molecule has 1 aromatic carbocycles. The van der Waals surface area contributed by atoms with Crippen LogP contribution in [0, 0.1) is 6.92 Å². The van der Waals surface area contributed by atoms with Crippen molar-refractivity contribution >= 4 is 22.7 Å². The summed E-state index contributed by atoms with van der Waals surface area (Å²) < 4.78 is 37.0. The molecule has 0 atom stereocenters. The van der Waals surface area contributed by atoms with Crippen LogP contribution in [-0.4, -0.2) is 11.2 Å². The Bertz CT molecular complexity index is 573. The average Bonchev–Trinajstić information content (AvgIpc) is 2.75. The first-order valence-corrected chi connectivity index (χ1v) is 6.21. The van der Waals surface area contributed by atoms with Gasteiger partial charge in [0.1, 0.15) is 0 Å². The molecule has 1 heterocycles. The van der Waals surface area contributed by atoms with Gasteiger partial charge in [0.05, 0.1) is 17.5 Å². The van der Waals surface area contributed by atoms with Crippen LogP contribution in [0.2, 0.25) is 0 Å². The molecule has 0 unspecified atom stereocenters. The maximum absolute atomic E-state index is 12.3. The van der Waals surface area contributed by atoms with Gasteiger partial charge in [-0.2, -0.15) is 18.3 Å². The standard InChI is InChI=1S/C12H10F3N3S/c1-8-7-19-11(17-8)18-16-6-9-2-4-10(5-3-9)12(13,14)15/h2-7H,1H3,(H,17,18)/b16-6+. The maximum atomic E-state index is 12.3. The minimum atomic E-state index is -4.31. The molecule has 0 bridgehead atoms. The van der Waals surface area contributed by atoms with Crippen molar-refractivity contribution in [2.75, 3.05) is 5.43 Å². The molecule has 7 heteroatoms. The topological polar surface area (TPSA) is 37.3 Å². The van der Waals surface area contributed by atoms with Crippen LogP contribution in [0.15, 0.2) is 34.7 Å². The van der Waals surface area contributed by atoms with Crippen molar-refractivity contribution in [1.82, 2.24) is 4.98 Å². The minimum absolute atomic E-state index is 0.578. The van der Waals surface area contributed by atoms with E-state index >= 15 is 0 Å². The van der Waals surface area contributed by atoms with E-state index in [1.807, 2.05) is 12.3 Å². The van der Waals surface area contributed by atoms with Gasteiger partial charge in [-0.3, -0.25) is 5.43 Å². The van der Waals surface area contributed by atoms with E-state index in [2.05, 4.69) is 15.5 Å². The van der Waals surface area contributed by atoms with Crippen LogP contribution >= 0.6 is 11.3 Å². The Morgan fingerprint density at radius 1 is 1.26 bits per heavy atom. The van der Waals surface area contributed by atoms with Crippen LogP contribution in [0.5, 0.6) is 0 Å². The second kappa shape index (κ2) is 5.40. The average molecular weight is 285 g/mol. The van der Waals surface area contributed by atoms with Crippen LogP contribution in [0.1, 0.15) is 16.8 Å². The summed E-state index contributed by atoms with van der Waals surface area (Å²) in [4.78, 5) is 4.13. The van der Waals surface area contributed by atoms with Crippen LogP contribution in [0.4, 0.5) is 18.3 Å². The van der Waals surface area contributed by atoms with Crippen LogP contribution in [-0.2, 0) is 6.18 Å². The number of benzene rings is 1. The fourth-order valence-corrected chi connectivity index (χ4v) is 1.96. The van der Waals surface area contributed by atoms with Gasteiger partial charge in [-0.05, 0) is 24.6 Å². The molecule has 100 valence electrons. The molecule has 1 N–H and O–H groups in total. The number of anilines is 1. The number of nitrogens with one attached hydrogen (secondary N) is 1. The number of thiazole rings is 1. The van der Waals surface area contributed by atoms with Gasteiger partial charge >= 0.3 is 6.18 Å². The van der Waals surface area contributed by atoms with Crippen LogP contribution in [0.25, 0.3) is 0 Å². The van der Waals surface area contributed by atoms with Crippen molar-refractivity contribution in [2.24, 2.45) is 5.10 Å². The number of nitrogens with zero attached hydrogens (tertiary/aromatic N) is 2. The molecule has 19 heavy (non-hydrogen) atoms. The summed E-state index contributed by atoms with van der Waals surface area (Å²) in [5, 5.41) is 6.42. The first kappa shape index (κ1) is 13.5. The van der Waals surface area contributed by atoms with Gasteiger partial charge in [-0.25, -0.2) is 4.98 Å². The van der Waals surface area contributed by atoms with Crippen molar-refractivity contribution in [3.05, 3.63) is 46.5 Å². The predicted octanol–water partition coefficient (Wildman–Crippen LogP) is 3.92. The summed E-state index contributed by atoms with van der Waals surface area (Å²) in [5.74, 6) is 0. The molecule has 0 saturated heterocycles. The van der Waals surface area contributed by atoms with Crippen LogP contribution in [0.3, 0.4) is 0 Å². The van der Waals surface area contributed by atoms with E-state index in [1.165, 1.54) is 29.7 Å². The molecule has 0 aliphatic carbocycles. The number of aromatic nitrogens is 1. The lowest BCUT2D eigenvalue weighted by atomic mass is 10.1. The molecule has 0 fully saturated rings. The largest absolute Gasteiger partial charge is 0.416 e. The zero-order chi connectivity index (χ0) is 13.9. The van der Waals surface area contributed by atoms with Crippen molar-refractivity contribution in [2.45, 2.75) is 13.1 Å². The fraction of sp³-hybridized carbons (Fsp3) is 0.167. The Balaban J connectivity index is 1.99. The zero-order valence-corrected chi connectivity index (χ0v) is 10.7. The molecule has 2 rings (SSSR count). The lowest BCUT2D eigenvalue weighted by Gasteiger charge is -2.05. The van der Waals surface area contributed by atoms with E-state index in [9.17, 15) is 13.2 Å². The summed E-state index contributed by atoms with van der Waals surface area (Å²) in [6, 6.07) is 4.77. The summed E-state index contributed by atoms with van der Waals surface area (Å²) in [5.41, 5.74) is 3.50. The first-order valence-electron chi connectivity index (χ1n) is 5.33. The molecular formula is C12H10F3N3S. The number of hydrogen-bond acceptors (Lipinski definition) is 4. The highest BCUT2D eigenvalue weighted by Crippen LogP contribution is 2.28. The second-order valence-corrected chi connectivity index (χ2v) is 4.64. The van der Waals surface area contributed by atoms with Gasteiger partial charge in [0, 0.05) is 5.38 Å². The molecule has 0 amide bonds. The molecule has 0 spiro atoms. The molecule has 0 radical (unpaired) electrons. The van der Waals surface area contributed by atoms with Gasteiger partial charge < -0.3 is 0 Å². The van der Waals surface area contributed by atoms with Crippen molar-refractivity contribution < 1.29 is 13.2 Å². The number of halogens is 3. The molecule has 2 aromatic rings. The summed E-state index contributed by atoms with van der Waals surface area (Å²) in [7, 11) is 0. The fourth-order valence-electron chi connectivity index (χ4n) is 1.33. The Hall–Kier alpha value is -1.89. The summed E-state index contributed by atoms with van der Waals surface area (Å²) >= 11 is 1.41. The van der Waals surface area contributed by atoms with E-state index in [0.29, 0.717) is 10.7 Å². The van der Waals surface area contributed by atoms with E-state index < -0.39 is 11.7 Å². The van der Waals surface area contributed by atoms with Crippen molar-refractivity contribution in [3.63, 3.8) is 0 Å². The maximum Gasteiger partial charge on any atom is 0.416 e. The van der Waals surface area contributed by atoms with Gasteiger partial charge in [0.2, 0.25) is 5.13 Å². The normalized spacial score (nSPS) is 12.0. The predicted molar refractivity (Wildman–Crippen MR) is 69.5 cm³/mol. The highest BCUT2D eigenvalue weighted by Gasteiger charge is 2.29. The van der Waals surface area contributed by atoms with E-state index in [0.717, 1.165) is 17.8 Å². The number of rotatable bonds is 3. The molecule has 0 saturated carbocycles. The number of alkyl halides is 3. The Morgan fingerprint density at radius 3 is 2.47 bits per heavy atom. The molecule has 1 aromatic heterocycles. The smallest absolute Gasteiger partial charge is 0.253 e. The first-order chi connectivity index (χ1) is 8.95. The van der Waals surface area contributed by atoms with Gasteiger partial charge in [0.25, 0.3) is 0 Å². The third-order valence-electron chi connectivity index (χ3n) is 2.23. The van der Waals surface area contributed by atoms with Crippen molar-refractivity contribution in [1.29, 1.82) is 0 Å². The monoisotopic (exact) mass is 285 g/mol. The lowest BCUT2D eigenvalue weighted by molar-refractivity contribution is -0.137. The van der Waals surface area contributed by atoms with E-state index in [1.54, 1.807) is 0 Å². The zero-order valence-electron chi connectivity index (χ0n) is 9.90. The van der Waals surface area contributed by atoms with Crippen LogP contribution < -0.4 is 5.43 Å². The van der Waals surface area contributed by atoms with E-state index in [4.69, 9.17) is 0 Å². The third kappa shape index (κ3) is 3.78. The number of hydrazone groups is 1. The summed E-state index contributed by atoms with van der Waals surface area (Å²) in [6.45, 7) is 1.86. The second-order valence-electron chi connectivity index (χ2n) is 3.78. The Labute approximate surface area is 111 Å². The molecule has 0 aliphatic heterocycles. The molecule has 0 aliphatic rings. The quantitative estimate of drug-likeness (QED) is 0.685. The molecular weight excluding hydrogens is 275 g/mol. The van der Waals surface area contributed by atoms with Gasteiger partial charge in [-0.1, -0.05) is 12.1 Å². The third-order valence-corrected chi connectivity index (χ3v) is 3.10.